The molecule has 0 amide bonds. The maximum Gasteiger partial charge on any atom is 0.216 e. The number of rotatable bonds is 3. The third-order valence-electron chi connectivity index (χ3n) is 3.31. The van der Waals surface area contributed by atoms with Gasteiger partial charge in [-0.15, -0.1) is 0 Å². The Labute approximate surface area is 114 Å². The first-order valence-corrected chi connectivity index (χ1v) is 7.93. The summed E-state index contributed by atoms with van der Waals surface area (Å²) in [6.07, 6.45) is 1.62. The van der Waals surface area contributed by atoms with E-state index in [0.29, 0.717) is 19.7 Å². The molecule has 0 bridgehead atoms. The summed E-state index contributed by atoms with van der Waals surface area (Å²) in [5.41, 5.74) is 0.907. The first-order chi connectivity index (χ1) is 8.82. The molecule has 0 aliphatic carbocycles. The van der Waals surface area contributed by atoms with Crippen LogP contribution in [0.3, 0.4) is 0 Å². The smallest absolute Gasteiger partial charge is 0.216 e. The van der Waals surface area contributed by atoms with E-state index in [1.165, 1.54) is 4.31 Å². The minimum Gasteiger partial charge on any atom is -0.368 e. The van der Waals surface area contributed by atoms with Gasteiger partial charge in [-0.25, -0.2) is 13.4 Å². The standard InChI is InChI=1S/C12H21N3O3S/c1-9(2)19(16,17)15-5-6-18-11(8-15)12-13-10(3)7-14(12)4/h7,9,11H,5-6,8H2,1-4H3. The number of aromatic nitrogens is 2. The number of sulfonamides is 1. The molecule has 1 atom stereocenters. The SMILES string of the molecule is Cc1cn(C)c(C2CN(S(=O)(=O)C(C)C)CCO2)n1. The highest BCUT2D eigenvalue weighted by Crippen LogP contribution is 2.24. The van der Waals surface area contributed by atoms with Crippen molar-refractivity contribution >= 4 is 10.0 Å². The zero-order valence-corrected chi connectivity index (χ0v) is 12.6. The highest BCUT2D eigenvalue weighted by Gasteiger charge is 2.33. The molecular weight excluding hydrogens is 266 g/mol. The lowest BCUT2D eigenvalue weighted by Crippen LogP contribution is -2.45. The van der Waals surface area contributed by atoms with E-state index in [1.807, 2.05) is 24.7 Å². The van der Waals surface area contributed by atoms with E-state index in [2.05, 4.69) is 4.98 Å². The second-order valence-electron chi connectivity index (χ2n) is 5.16. The Morgan fingerprint density at radius 3 is 2.68 bits per heavy atom. The summed E-state index contributed by atoms with van der Waals surface area (Å²) in [5, 5.41) is -0.408. The normalized spacial score (nSPS) is 22.1. The van der Waals surface area contributed by atoms with Crippen molar-refractivity contribution in [2.24, 2.45) is 7.05 Å². The molecule has 0 saturated carbocycles. The van der Waals surface area contributed by atoms with Crippen LogP contribution >= 0.6 is 0 Å². The molecule has 1 unspecified atom stereocenters. The summed E-state index contributed by atoms with van der Waals surface area (Å²) >= 11 is 0. The largest absolute Gasteiger partial charge is 0.368 e. The van der Waals surface area contributed by atoms with Gasteiger partial charge in [-0.2, -0.15) is 4.31 Å². The second kappa shape index (κ2) is 5.22. The van der Waals surface area contributed by atoms with Gasteiger partial charge >= 0.3 is 0 Å². The van der Waals surface area contributed by atoms with Crippen LogP contribution in [-0.2, 0) is 21.8 Å². The van der Waals surface area contributed by atoms with Crippen LogP contribution in [-0.4, -0.2) is 47.2 Å². The number of hydrogen-bond donors (Lipinski definition) is 0. The maximum atomic E-state index is 12.2. The maximum absolute atomic E-state index is 12.2. The molecule has 1 aliphatic rings. The quantitative estimate of drug-likeness (QED) is 0.826. The zero-order valence-electron chi connectivity index (χ0n) is 11.8. The Morgan fingerprint density at radius 2 is 2.16 bits per heavy atom. The first kappa shape index (κ1) is 14.5. The first-order valence-electron chi connectivity index (χ1n) is 6.42. The lowest BCUT2D eigenvalue weighted by Gasteiger charge is -2.32. The minimum atomic E-state index is -3.23. The number of hydrogen-bond acceptors (Lipinski definition) is 4. The lowest BCUT2D eigenvalue weighted by molar-refractivity contribution is -0.00912. The number of nitrogens with zero attached hydrogens (tertiary/aromatic N) is 3. The van der Waals surface area contributed by atoms with Crippen molar-refractivity contribution in [3.63, 3.8) is 0 Å². The Kier molecular flexibility index (Phi) is 3.98. The van der Waals surface area contributed by atoms with E-state index in [9.17, 15) is 8.42 Å². The van der Waals surface area contributed by atoms with Crippen LogP contribution in [0.5, 0.6) is 0 Å². The van der Waals surface area contributed by atoms with Crippen molar-refractivity contribution in [3.05, 3.63) is 17.7 Å². The summed E-state index contributed by atoms with van der Waals surface area (Å²) in [6, 6.07) is 0. The molecule has 1 aromatic rings. The Morgan fingerprint density at radius 1 is 1.47 bits per heavy atom. The third-order valence-corrected chi connectivity index (χ3v) is 5.55. The van der Waals surface area contributed by atoms with E-state index < -0.39 is 15.3 Å². The van der Waals surface area contributed by atoms with Crippen molar-refractivity contribution in [1.29, 1.82) is 0 Å². The van der Waals surface area contributed by atoms with Crippen molar-refractivity contribution < 1.29 is 13.2 Å². The average Bonchev–Trinajstić information content (AvgIpc) is 2.68. The molecule has 2 rings (SSSR count). The summed E-state index contributed by atoms with van der Waals surface area (Å²) < 4.78 is 33.5. The number of aryl methyl sites for hydroxylation is 2. The summed E-state index contributed by atoms with van der Waals surface area (Å²) in [6.45, 7) is 6.47. The average molecular weight is 287 g/mol. The Balaban J connectivity index is 2.21. The van der Waals surface area contributed by atoms with Gasteiger partial charge in [0.15, 0.2) is 0 Å². The number of imidazole rings is 1. The molecule has 19 heavy (non-hydrogen) atoms. The highest BCUT2D eigenvalue weighted by molar-refractivity contribution is 7.89. The van der Waals surface area contributed by atoms with Gasteiger partial charge in [0.25, 0.3) is 0 Å². The topological polar surface area (TPSA) is 64.4 Å². The Bertz CT molecular complexity index is 551. The molecule has 0 aromatic carbocycles. The predicted molar refractivity (Wildman–Crippen MR) is 72.3 cm³/mol. The monoisotopic (exact) mass is 287 g/mol. The van der Waals surface area contributed by atoms with Gasteiger partial charge in [-0.05, 0) is 20.8 Å². The van der Waals surface area contributed by atoms with Gasteiger partial charge in [0.2, 0.25) is 10.0 Å². The van der Waals surface area contributed by atoms with E-state index in [4.69, 9.17) is 4.74 Å². The van der Waals surface area contributed by atoms with Gasteiger partial charge in [-0.3, -0.25) is 0 Å². The molecule has 0 N–H and O–H groups in total. The van der Waals surface area contributed by atoms with Crippen LogP contribution in [0.25, 0.3) is 0 Å². The van der Waals surface area contributed by atoms with Crippen LogP contribution in [0.15, 0.2) is 6.20 Å². The molecule has 6 nitrogen and oxygen atoms in total. The predicted octanol–water partition coefficient (Wildman–Crippen LogP) is 0.840. The molecule has 1 aromatic heterocycles. The fourth-order valence-electron chi connectivity index (χ4n) is 2.25. The van der Waals surface area contributed by atoms with Crippen LogP contribution in [0.1, 0.15) is 31.5 Å². The van der Waals surface area contributed by atoms with Crippen molar-refractivity contribution in [3.8, 4) is 0 Å². The van der Waals surface area contributed by atoms with Gasteiger partial charge in [0.05, 0.1) is 17.6 Å². The lowest BCUT2D eigenvalue weighted by atomic mass is 10.3. The van der Waals surface area contributed by atoms with Gasteiger partial charge < -0.3 is 9.30 Å². The van der Waals surface area contributed by atoms with Gasteiger partial charge in [0, 0.05) is 26.3 Å². The molecule has 1 fully saturated rings. The number of ether oxygens (including phenoxy) is 1. The van der Waals surface area contributed by atoms with E-state index >= 15 is 0 Å². The molecular formula is C12H21N3O3S. The molecule has 108 valence electrons. The van der Waals surface area contributed by atoms with E-state index in [0.717, 1.165) is 11.5 Å². The van der Waals surface area contributed by atoms with Crippen LogP contribution in [0.4, 0.5) is 0 Å². The molecule has 1 saturated heterocycles. The van der Waals surface area contributed by atoms with Crippen molar-refractivity contribution in [1.82, 2.24) is 13.9 Å². The third kappa shape index (κ3) is 2.82. The zero-order chi connectivity index (χ0) is 14.2. The minimum absolute atomic E-state index is 0.291. The molecule has 7 heteroatoms. The van der Waals surface area contributed by atoms with Crippen LogP contribution < -0.4 is 0 Å². The second-order valence-corrected chi connectivity index (χ2v) is 7.65. The van der Waals surface area contributed by atoms with Crippen LogP contribution in [0, 0.1) is 6.92 Å². The number of morpholine rings is 1. The molecule has 2 heterocycles. The van der Waals surface area contributed by atoms with E-state index in [1.54, 1.807) is 13.8 Å². The molecule has 0 spiro atoms. The highest BCUT2D eigenvalue weighted by atomic mass is 32.2. The van der Waals surface area contributed by atoms with E-state index in [-0.39, 0.29) is 6.10 Å². The summed E-state index contributed by atoms with van der Waals surface area (Å²) in [4.78, 5) is 4.41. The van der Waals surface area contributed by atoms with Crippen molar-refractivity contribution in [2.45, 2.75) is 32.1 Å². The van der Waals surface area contributed by atoms with Gasteiger partial charge in [0.1, 0.15) is 11.9 Å². The molecule has 1 aliphatic heterocycles. The summed E-state index contributed by atoms with van der Waals surface area (Å²) in [7, 11) is -1.33. The van der Waals surface area contributed by atoms with Crippen LogP contribution in [0.2, 0.25) is 0 Å². The molecule has 0 radical (unpaired) electrons. The van der Waals surface area contributed by atoms with Gasteiger partial charge in [-0.1, -0.05) is 0 Å². The Hall–Kier alpha value is -0.920. The fourth-order valence-corrected chi connectivity index (χ4v) is 3.51. The fraction of sp³-hybridized carbons (Fsp3) is 0.750. The van der Waals surface area contributed by atoms with Crippen molar-refractivity contribution in [2.75, 3.05) is 19.7 Å². The summed E-state index contributed by atoms with van der Waals surface area (Å²) in [5.74, 6) is 0.779.